The van der Waals surface area contributed by atoms with Crippen LogP contribution in [0.15, 0.2) is 16.9 Å². The minimum absolute atomic E-state index is 0.166. The summed E-state index contributed by atoms with van der Waals surface area (Å²) in [6.45, 7) is 0.802. The highest BCUT2D eigenvalue weighted by Gasteiger charge is 1.97. The molecule has 2 N–H and O–H groups in total. The van der Waals surface area contributed by atoms with Crippen molar-refractivity contribution in [2.24, 2.45) is 5.73 Å². The highest BCUT2D eigenvalue weighted by atomic mass is 16.5. The zero-order valence-corrected chi connectivity index (χ0v) is 6.86. The third-order valence-electron chi connectivity index (χ3n) is 1.39. The molecule has 0 aliphatic carbocycles. The van der Waals surface area contributed by atoms with Crippen LogP contribution in [0.3, 0.4) is 0 Å². The fraction of sp³-hybridized carbons (Fsp3) is 0.429. The monoisotopic (exact) mass is 169 g/mol. The third kappa shape index (κ3) is 1.82. The molecule has 0 aliphatic rings. The summed E-state index contributed by atoms with van der Waals surface area (Å²) in [6, 6.07) is 2.93. The van der Waals surface area contributed by atoms with E-state index in [1.54, 1.807) is 0 Å². The summed E-state index contributed by atoms with van der Waals surface area (Å²) in [5, 5.41) is 3.88. The van der Waals surface area contributed by atoms with Gasteiger partial charge in [-0.2, -0.15) is 0 Å². The van der Waals surface area contributed by atoms with Crippen molar-refractivity contribution >= 4 is 0 Å². The van der Waals surface area contributed by atoms with Crippen LogP contribution in [0.5, 0.6) is 5.88 Å². The molecule has 0 aliphatic heterocycles. The molecule has 66 valence electrons. The molecule has 0 aromatic carbocycles. The second kappa shape index (κ2) is 3.87. The summed E-state index contributed by atoms with van der Waals surface area (Å²) in [5.74, 6) is 0.419. The molecule has 12 heavy (non-hydrogen) atoms. The lowest BCUT2D eigenvalue weighted by Crippen LogP contribution is -2.25. The molecule has 0 saturated carbocycles. The van der Waals surface area contributed by atoms with Gasteiger partial charge in [-0.3, -0.25) is 4.79 Å². The van der Waals surface area contributed by atoms with Gasteiger partial charge in [0.1, 0.15) is 0 Å². The lowest BCUT2D eigenvalue weighted by Gasteiger charge is -2.03. The average Bonchev–Trinajstić information content (AvgIpc) is 2.09. The minimum atomic E-state index is -0.166. The number of hydrogen-bond acceptors (Lipinski definition) is 4. The molecule has 1 aromatic heterocycles. The van der Waals surface area contributed by atoms with Gasteiger partial charge < -0.3 is 10.5 Å². The van der Waals surface area contributed by atoms with Crippen LogP contribution in [-0.4, -0.2) is 23.4 Å². The highest BCUT2D eigenvalue weighted by Crippen LogP contribution is 1.98. The van der Waals surface area contributed by atoms with Crippen LogP contribution < -0.4 is 16.0 Å². The summed E-state index contributed by atoms with van der Waals surface area (Å²) < 4.78 is 6.12. The third-order valence-corrected chi connectivity index (χ3v) is 1.39. The van der Waals surface area contributed by atoms with E-state index in [2.05, 4.69) is 5.10 Å². The summed E-state index contributed by atoms with van der Waals surface area (Å²) >= 11 is 0. The molecule has 5 heteroatoms. The number of nitrogens with zero attached hydrogens (tertiary/aromatic N) is 2. The SMILES string of the molecule is COc1ccc(=O)n(CCN)n1. The van der Waals surface area contributed by atoms with Crippen LogP contribution in [0.2, 0.25) is 0 Å². The second-order valence-corrected chi connectivity index (χ2v) is 2.23. The molecule has 0 unspecified atom stereocenters. The molecule has 1 aromatic rings. The van der Waals surface area contributed by atoms with Crippen molar-refractivity contribution in [1.29, 1.82) is 0 Å². The van der Waals surface area contributed by atoms with Crippen molar-refractivity contribution in [3.63, 3.8) is 0 Å². The van der Waals surface area contributed by atoms with Crippen LogP contribution in [0.4, 0.5) is 0 Å². The van der Waals surface area contributed by atoms with Crippen molar-refractivity contribution < 1.29 is 4.74 Å². The molecule has 0 saturated heterocycles. The van der Waals surface area contributed by atoms with E-state index in [1.165, 1.54) is 23.9 Å². The number of rotatable bonds is 3. The lowest BCUT2D eigenvalue weighted by atomic mass is 10.5. The first-order chi connectivity index (χ1) is 5.77. The highest BCUT2D eigenvalue weighted by molar-refractivity contribution is 5.05. The van der Waals surface area contributed by atoms with E-state index in [0.717, 1.165) is 0 Å². The largest absolute Gasteiger partial charge is 0.480 e. The van der Waals surface area contributed by atoms with E-state index in [9.17, 15) is 4.79 Å². The van der Waals surface area contributed by atoms with Crippen molar-refractivity contribution in [3.8, 4) is 5.88 Å². The summed E-state index contributed by atoms with van der Waals surface area (Å²) in [5.41, 5.74) is 5.11. The van der Waals surface area contributed by atoms with Crippen molar-refractivity contribution in [1.82, 2.24) is 9.78 Å². The van der Waals surface area contributed by atoms with E-state index in [0.29, 0.717) is 19.0 Å². The van der Waals surface area contributed by atoms with E-state index in [-0.39, 0.29) is 5.56 Å². The Morgan fingerprint density at radius 2 is 2.42 bits per heavy atom. The van der Waals surface area contributed by atoms with Crippen molar-refractivity contribution in [2.45, 2.75) is 6.54 Å². The van der Waals surface area contributed by atoms with Gasteiger partial charge in [0, 0.05) is 18.7 Å². The maximum absolute atomic E-state index is 11.1. The van der Waals surface area contributed by atoms with Crippen molar-refractivity contribution in [3.05, 3.63) is 22.5 Å². The zero-order valence-electron chi connectivity index (χ0n) is 6.86. The molecule has 0 fully saturated rings. The molecule has 0 radical (unpaired) electrons. The maximum atomic E-state index is 11.1. The molecular weight excluding hydrogens is 158 g/mol. The standard InChI is InChI=1S/C7H11N3O2/c1-12-6-2-3-7(11)10(9-6)5-4-8/h2-3H,4-5,8H2,1H3. The average molecular weight is 169 g/mol. The van der Waals surface area contributed by atoms with E-state index in [1.807, 2.05) is 0 Å². The first kappa shape index (κ1) is 8.73. The van der Waals surface area contributed by atoms with Crippen LogP contribution in [-0.2, 0) is 6.54 Å². The quantitative estimate of drug-likeness (QED) is 0.643. The van der Waals surface area contributed by atoms with Crippen molar-refractivity contribution in [2.75, 3.05) is 13.7 Å². The topological polar surface area (TPSA) is 70.1 Å². The number of nitrogens with two attached hydrogens (primary N) is 1. The van der Waals surface area contributed by atoms with Crippen LogP contribution in [0, 0.1) is 0 Å². The van der Waals surface area contributed by atoms with Gasteiger partial charge >= 0.3 is 0 Å². The first-order valence-electron chi connectivity index (χ1n) is 3.60. The Balaban J connectivity index is 3.00. The van der Waals surface area contributed by atoms with Gasteiger partial charge in [-0.1, -0.05) is 0 Å². The summed E-state index contributed by atoms with van der Waals surface area (Å²) in [6.07, 6.45) is 0. The van der Waals surface area contributed by atoms with Crippen LogP contribution in [0.1, 0.15) is 0 Å². The number of hydrogen-bond donors (Lipinski definition) is 1. The predicted molar refractivity (Wildman–Crippen MR) is 44.1 cm³/mol. The Labute approximate surface area is 69.8 Å². The molecule has 1 heterocycles. The van der Waals surface area contributed by atoms with Gasteiger partial charge in [-0.05, 0) is 0 Å². The van der Waals surface area contributed by atoms with Gasteiger partial charge in [0.15, 0.2) is 0 Å². The smallest absolute Gasteiger partial charge is 0.267 e. The summed E-state index contributed by atoms with van der Waals surface area (Å²) in [4.78, 5) is 11.1. The summed E-state index contributed by atoms with van der Waals surface area (Å²) in [7, 11) is 1.50. The number of aromatic nitrogens is 2. The van der Waals surface area contributed by atoms with Gasteiger partial charge in [-0.25, -0.2) is 4.68 Å². The molecule has 1 rings (SSSR count). The second-order valence-electron chi connectivity index (χ2n) is 2.23. The maximum Gasteiger partial charge on any atom is 0.267 e. The Kier molecular flexibility index (Phi) is 2.82. The van der Waals surface area contributed by atoms with E-state index >= 15 is 0 Å². The first-order valence-corrected chi connectivity index (χ1v) is 3.60. The predicted octanol–water partition coefficient (Wildman–Crippen LogP) is -0.789. The molecule has 0 spiro atoms. The lowest BCUT2D eigenvalue weighted by molar-refractivity contribution is 0.376. The minimum Gasteiger partial charge on any atom is -0.480 e. The molecular formula is C7H11N3O2. The Hall–Kier alpha value is -1.36. The van der Waals surface area contributed by atoms with Gasteiger partial charge in [0.05, 0.1) is 13.7 Å². The number of ether oxygens (including phenoxy) is 1. The van der Waals surface area contributed by atoms with Crippen LogP contribution in [0.25, 0.3) is 0 Å². The van der Waals surface area contributed by atoms with Gasteiger partial charge in [-0.15, -0.1) is 5.10 Å². The Bertz CT molecular complexity index is 308. The van der Waals surface area contributed by atoms with Gasteiger partial charge in [0.25, 0.3) is 5.56 Å². The Morgan fingerprint density at radius 1 is 1.67 bits per heavy atom. The molecule has 0 amide bonds. The molecule has 0 bridgehead atoms. The fourth-order valence-electron chi connectivity index (χ4n) is 0.822. The fourth-order valence-corrected chi connectivity index (χ4v) is 0.822. The van der Waals surface area contributed by atoms with E-state index in [4.69, 9.17) is 10.5 Å². The Morgan fingerprint density at radius 3 is 3.00 bits per heavy atom. The number of methoxy groups -OCH3 is 1. The molecule has 0 atom stereocenters. The van der Waals surface area contributed by atoms with E-state index < -0.39 is 0 Å². The van der Waals surface area contributed by atoms with Gasteiger partial charge in [0.2, 0.25) is 5.88 Å². The van der Waals surface area contributed by atoms with Crippen LogP contribution >= 0.6 is 0 Å². The molecule has 5 nitrogen and oxygen atoms in total. The normalized spacial score (nSPS) is 9.83. The zero-order chi connectivity index (χ0) is 8.97.